The van der Waals surface area contributed by atoms with E-state index in [0.717, 1.165) is 22.2 Å². The first-order valence-corrected chi connectivity index (χ1v) is 10.1. The number of nitrogens with zero attached hydrogens (tertiary/aromatic N) is 2. The van der Waals surface area contributed by atoms with Crippen molar-refractivity contribution in [2.75, 3.05) is 0 Å². The maximum absolute atomic E-state index is 6.05. The molecule has 0 aliphatic rings. The maximum atomic E-state index is 6.05. The van der Waals surface area contributed by atoms with Crippen molar-refractivity contribution in [2.45, 2.75) is 13.8 Å². The number of hydrogen-bond acceptors (Lipinski definition) is 3. The zero-order chi connectivity index (χ0) is 14.1. The molecule has 0 atom stereocenters. The van der Waals surface area contributed by atoms with E-state index in [0.29, 0.717) is 29.0 Å². The van der Waals surface area contributed by atoms with Gasteiger partial charge in [-0.05, 0) is 0 Å². The average molecular weight is 404 g/mol. The Labute approximate surface area is 132 Å². The molecule has 0 N–H and O–H groups in total. The van der Waals surface area contributed by atoms with Gasteiger partial charge < -0.3 is 0 Å². The molecule has 3 nitrogen and oxygen atoms in total. The molecule has 0 bridgehead atoms. The number of benzene rings is 2. The van der Waals surface area contributed by atoms with Crippen LogP contribution in [0.15, 0.2) is 28.7 Å². The van der Waals surface area contributed by atoms with Gasteiger partial charge in [-0.3, -0.25) is 0 Å². The summed E-state index contributed by atoms with van der Waals surface area (Å²) in [5, 5.41) is 2.44. The fraction of sp³-hybridized carbons (Fsp3) is 0.125. The summed E-state index contributed by atoms with van der Waals surface area (Å²) in [6, 6.07) is 8.73. The Morgan fingerprint density at radius 3 is 1.71 bits per heavy atom. The van der Waals surface area contributed by atoms with Gasteiger partial charge in [-0.1, -0.05) is 0 Å². The topological polar surface area (TPSA) is 38.9 Å². The quantitative estimate of drug-likeness (QED) is 0.372. The summed E-state index contributed by atoms with van der Waals surface area (Å²) in [5.74, 6) is 0. The van der Waals surface area contributed by atoms with Crippen LogP contribution >= 0.6 is 0 Å². The number of rotatable bonds is 0. The second kappa shape index (κ2) is 4.08. The average Bonchev–Trinajstić information content (AvgIpc) is 3.05. The van der Waals surface area contributed by atoms with Crippen LogP contribution in [-0.4, -0.2) is 39.0 Å². The third-order valence-corrected chi connectivity index (χ3v) is 7.62. The Hall–Kier alpha value is -1.38. The molecule has 3 aromatic heterocycles. The minimum absolute atomic E-state index is 0.369. The fourth-order valence-electron chi connectivity index (χ4n) is 2.85. The van der Waals surface area contributed by atoms with E-state index >= 15 is 0 Å². The van der Waals surface area contributed by atoms with Crippen molar-refractivity contribution in [1.29, 1.82) is 0 Å². The molecule has 0 radical (unpaired) electrons. The first kappa shape index (κ1) is 12.2. The van der Waals surface area contributed by atoms with Crippen molar-refractivity contribution in [2.24, 2.45) is 0 Å². The van der Waals surface area contributed by atoms with Crippen LogP contribution in [0.1, 0.15) is 9.14 Å². The van der Waals surface area contributed by atoms with E-state index in [-0.39, 0.29) is 0 Å². The monoisotopic (exact) mass is 406 g/mol. The first-order valence-electron chi connectivity index (χ1n) is 6.68. The van der Waals surface area contributed by atoms with Crippen LogP contribution in [0, 0.1) is 13.8 Å². The first-order chi connectivity index (χ1) is 10.2. The molecule has 5 heteroatoms. The van der Waals surface area contributed by atoms with Crippen LogP contribution in [0.5, 0.6) is 0 Å². The molecule has 0 fully saturated rings. The van der Waals surface area contributed by atoms with Crippen LogP contribution in [-0.2, 0) is 0 Å². The second-order valence-corrected chi connectivity index (χ2v) is 10.4. The predicted octanol–water partition coefficient (Wildman–Crippen LogP) is 3.41. The summed E-state index contributed by atoms with van der Waals surface area (Å²) in [5.41, 5.74) is 4.05. The standard InChI is InChI=1S/C16H10N2OSe2/c1-7-17-11-5-13-9(3-15(11)20-7)10-4-16-12(6-14(10)19-13)18-8(2)21-16/h3-6H,1-2H3. The van der Waals surface area contributed by atoms with Crippen molar-refractivity contribution in [1.82, 2.24) is 9.97 Å². The van der Waals surface area contributed by atoms with Gasteiger partial charge in [0.15, 0.2) is 0 Å². The van der Waals surface area contributed by atoms with Crippen molar-refractivity contribution in [3.8, 4) is 0 Å². The van der Waals surface area contributed by atoms with Gasteiger partial charge in [0.05, 0.1) is 0 Å². The van der Waals surface area contributed by atoms with Gasteiger partial charge in [0.25, 0.3) is 0 Å². The van der Waals surface area contributed by atoms with Gasteiger partial charge in [0.1, 0.15) is 0 Å². The van der Waals surface area contributed by atoms with E-state index in [1.54, 1.807) is 0 Å². The van der Waals surface area contributed by atoms with Crippen LogP contribution in [0.4, 0.5) is 0 Å². The van der Waals surface area contributed by atoms with E-state index in [9.17, 15) is 0 Å². The molecule has 0 unspecified atom stereocenters. The van der Waals surface area contributed by atoms with Gasteiger partial charge in [0.2, 0.25) is 0 Å². The molecule has 0 aliphatic carbocycles. The predicted molar refractivity (Wildman–Crippen MR) is 87.7 cm³/mol. The van der Waals surface area contributed by atoms with Crippen LogP contribution in [0.3, 0.4) is 0 Å². The molecule has 0 saturated heterocycles. The molecule has 5 aromatic rings. The number of aromatic nitrogens is 2. The van der Waals surface area contributed by atoms with Crippen LogP contribution in [0.2, 0.25) is 0 Å². The Morgan fingerprint density at radius 1 is 0.762 bits per heavy atom. The molecule has 0 saturated carbocycles. The van der Waals surface area contributed by atoms with Crippen molar-refractivity contribution in [3.63, 3.8) is 0 Å². The molecular weight excluding hydrogens is 394 g/mol. The summed E-state index contributed by atoms with van der Waals surface area (Å²) in [6.07, 6.45) is 0. The Kier molecular flexibility index (Phi) is 2.37. The van der Waals surface area contributed by atoms with E-state index in [1.807, 2.05) is 0 Å². The zero-order valence-corrected chi connectivity index (χ0v) is 14.9. The van der Waals surface area contributed by atoms with Gasteiger partial charge in [0, 0.05) is 0 Å². The van der Waals surface area contributed by atoms with E-state index in [2.05, 4.69) is 48.1 Å². The molecule has 21 heavy (non-hydrogen) atoms. The fourth-order valence-corrected chi connectivity index (χ4v) is 6.41. The van der Waals surface area contributed by atoms with E-state index in [4.69, 9.17) is 4.42 Å². The zero-order valence-electron chi connectivity index (χ0n) is 11.4. The number of aryl methyl sites for hydroxylation is 2. The summed E-state index contributed by atoms with van der Waals surface area (Å²) >= 11 is 0.737. The van der Waals surface area contributed by atoms with Gasteiger partial charge in [-0.15, -0.1) is 0 Å². The van der Waals surface area contributed by atoms with Crippen molar-refractivity contribution >= 4 is 70.5 Å². The Balaban J connectivity index is 1.97. The SMILES string of the molecule is Cc1nc2cc3oc4cc5nc(C)[se]c5cc4c3cc2[se]1. The van der Waals surface area contributed by atoms with Gasteiger partial charge >= 0.3 is 132 Å². The third-order valence-electron chi connectivity index (χ3n) is 3.70. The van der Waals surface area contributed by atoms with Crippen LogP contribution in [0.25, 0.3) is 41.5 Å². The third kappa shape index (κ3) is 1.72. The summed E-state index contributed by atoms with van der Waals surface area (Å²) in [6.45, 7) is 4.21. The molecule has 2 aromatic carbocycles. The normalized spacial score (nSPS) is 12.3. The van der Waals surface area contributed by atoms with Crippen molar-refractivity contribution < 1.29 is 4.42 Å². The van der Waals surface area contributed by atoms with Gasteiger partial charge in [-0.2, -0.15) is 0 Å². The van der Waals surface area contributed by atoms with Crippen LogP contribution < -0.4 is 0 Å². The van der Waals surface area contributed by atoms with E-state index in [1.165, 1.54) is 28.4 Å². The van der Waals surface area contributed by atoms with Gasteiger partial charge in [-0.25, -0.2) is 0 Å². The minimum atomic E-state index is 0.369. The molecule has 0 spiro atoms. The molecular formula is C16H10N2OSe2. The van der Waals surface area contributed by atoms with E-state index < -0.39 is 0 Å². The summed E-state index contributed by atoms with van der Waals surface area (Å²) in [4.78, 5) is 9.22. The van der Waals surface area contributed by atoms with Crippen molar-refractivity contribution in [3.05, 3.63) is 33.4 Å². The molecule has 0 amide bonds. The Bertz CT molecular complexity index is 1070. The number of furan rings is 1. The molecule has 3 heterocycles. The molecule has 5 rings (SSSR count). The second-order valence-electron chi connectivity index (χ2n) is 5.20. The molecule has 0 aliphatic heterocycles. The number of hydrogen-bond donors (Lipinski definition) is 0. The Morgan fingerprint density at radius 2 is 1.24 bits per heavy atom. The number of fused-ring (bicyclic) bond motifs is 5. The summed E-state index contributed by atoms with van der Waals surface area (Å²) < 4.78 is 11.3. The molecule has 102 valence electrons. The summed E-state index contributed by atoms with van der Waals surface area (Å²) in [7, 11) is 0.